The van der Waals surface area contributed by atoms with Gasteiger partial charge in [0.1, 0.15) is 10.8 Å². The molecule has 0 N–H and O–H groups in total. The Hall–Kier alpha value is -2.43. The first-order valence-corrected chi connectivity index (χ1v) is 10.4. The first-order chi connectivity index (χ1) is 14.4. The molecule has 1 aromatic carbocycles. The molecule has 3 aromatic rings. The van der Waals surface area contributed by atoms with E-state index < -0.39 is 11.9 Å². The third-order valence-electron chi connectivity index (χ3n) is 5.02. The highest BCUT2D eigenvalue weighted by atomic mass is 32.1. The van der Waals surface area contributed by atoms with Crippen LogP contribution in [0.2, 0.25) is 0 Å². The second-order valence-corrected chi connectivity index (χ2v) is 8.00. The van der Waals surface area contributed by atoms with E-state index in [1.54, 1.807) is 18.4 Å². The molecule has 10 heteroatoms. The average Bonchev–Trinajstić information content (AvgIpc) is 3.39. The van der Waals surface area contributed by atoms with E-state index in [0.29, 0.717) is 6.67 Å². The predicted octanol–water partition coefficient (Wildman–Crippen LogP) is 3.81. The van der Waals surface area contributed by atoms with Gasteiger partial charge in [-0.15, -0.1) is 11.3 Å². The van der Waals surface area contributed by atoms with Crippen molar-refractivity contribution in [2.24, 2.45) is 0 Å². The lowest BCUT2D eigenvalue weighted by molar-refractivity contribution is -0.141. The molecule has 1 aliphatic rings. The van der Waals surface area contributed by atoms with Gasteiger partial charge in [0.15, 0.2) is 5.69 Å². The number of ether oxygens (including phenoxy) is 1. The molecule has 0 bridgehead atoms. The van der Waals surface area contributed by atoms with E-state index in [4.69, 9.17) is 9.72 Å². The van der Waals surface area contributed by atoms with Crippen molar-refractivity contribution in [3.8, 4) is 16.3 Å². The fraction of sp³-hybridized carbons (Fsp3) is 0.400. The van der Waals surface area contributed by atoms with E-state index in [-0.39, 0.29) is 0 Å². The molecule has 3 heterocycles. The van der Waals surface area contributed by atoms with Crippen LogP contribution in [0.25, 0.3) is 10.6 Å². The van der Waals surface area contributed by atoms with Crippen LogP contribution in [0.3, 0.4) is 0 Å². The molecule has 1 fully saturated rings. The molecule has 0 atom stereocenters. The van der Waals surface area contributed by atoms with Crippen molar-refractivity contribution in [3.63, 3.8) is 0 Å². The first-order valence-electron chi connectivity index (χ1n) is 9.55. The van der Waals surface area contributed by atoms with E-state index in [9.17, 15) is 13.2 Å². The van der Waals surface area contributed by atoms with Gasteiger partial charge >= 0.3 is 6.18 Å². The summed E-state index contributed by atoms with van der Waals surface area (Å²) in [6.07, 6.45) is -3.02. The van der Waals surface area contributed by atoms with Gasteiger partial charge in [0, 0.05) is 49.9 Å². The molecule has 0 unspecified atom stereocenters. The van der Waals surface area contributed by atoms with Crippen LogP contribution in [-0.4, -0.2) is 57.9 Å². The van der Waals surface area contributed by atoms with E-state index in [0.717, 1.165) is 60.8 Å². The second kappa shape index (κ2) is 8.75. The van der Waals surface area contributed by atoms with Crippen molar-refractivity contribution in [2.75, 3.05) is 33.3 Å². The van der Waals surface area contributed by atoms with Crippen molar-refractivity contribution >= 4 is 11.3 Å². The maximum absolute atomic E-state index is 12.7. The first kappa shape index (κ1) is 20.8. The summed E-state index contributed by atoms with van der Waals surface area (Å²) in [7, 11) is 1.64. The van der Waals surface area contributed by atoms with Crippen molar-refractivity contribution in [1.29, 1.82) is 0 Å². The molecule has 0 aliphatic carbocycles. The lowest BCUT2D eigenvalue weighted by atomic mass is 10.2. The van der Waals surface area contributed by atoms with E-state index in [1.807, 2.05) is 24.3 Å². The molecule has 1 saturated heterocycles. The number of thiazole rings is 1. The monoisotopic (exact) mass is 437 g/mol. The van der Waals surface area contributed by atoms with Crippen LogP contribution < -0.4 is 4.74 Å². The molecule has 0 spiro atoms. The lowest BCUT2D eigenvalue weighted by Gasteiger charge is -2.34. The maximum atomic E-state index is 12.7. The van der Waals surface area contributed by atoms with Gasteiger partial charge in [-0.05, 0) is 30.3 Å². The lowest BCUT2D eigenvalue weighted by Crippen LogP contribution is -2.46. The number of methoxy groups -OCH3 is 1. The van der Waals surface area contributed by atoms with Gasteiger partial charge in [0.2, 0.25) is 0 Å². The Balaban J connectivity index is 1.28. The highest BCUT2D eigenvalue weighted by Gasteiger charge is 2.33. The predicted molar refractivity (Wildman–Crippen MR) is 108 cm³/mol. The van der Waals surface area contributed by atoms with Crippen LogP contribution in [0.15, 0.2) is 41.9 Å². The summed E-state index contributed by atoms with van der Waals surface area (Å²) in [5.74, 6) is 0.818. The summed E-state index contributed by atoms with van der Waals surface area (Å²) >= 11 is 1.62. The van der Waals surface area contributed by atoms with Gasteiger partial charge in [-0.2, -0.15) is 18.3 Å². The molecule has 0 radical (unpaired) electrons. The van der Waals surface area contributed by atoms with E-state index in [2.05, 4.69) is 20.3 Å². The number of rotatable bonds is 6. The molecular weight excluding hydrogens is 415 g/mol. The van der Waals surface area contributed by atoms with Gasteiger partial charge in [0.25, 0.3) is 0 Å². The zero-order chi connectivity index (χ0) is 21.1. The molecule has 1 aliphatic heterocycles. The number of aromatic nitrogens is 3. The van der Waals surface area contributed by atoms with Crippen molar-refractivity contribution < 1.29 is 17.9 Å². The van der Waals surface area contributed by atoms with E-state index in [1.165, 1.54) is 10.9 Å². The zero-order valence-electron chi connectivity index (χ0n) is 16.5. The van der Waals surface area contributed by atoms with Gasteiger partial charge in [-0.25, -0.2) is 4.98 Å². The fourth-order valence-electron chi connectivity index (χ4n) is 3.36. The van der Waals surface area contributed by atoms with Crippen LogP contribution in [0, 0.1) is 0 Å². The smallest absolute Gasteiger partial charge is 0.435 e. The number of hydrogen-bond donors (Lipinski definition) is 0. The topological polar surface area (TPSA) is 46.4 Å². The minimum absolute atomic E-state index is 0.363. The standard InChI is InChI=1S/C20H22F3N5OS/c1-29-17-4-2-15(3-5-17)19-24-16(13-30-19)12-26-8-10-27(11-9-26)14-28-7-6-18(25-28)20(21,22)23/h2-7,13H,8-12,14H2,1H3. The normalized spacial score (nSPS) is 16.1. The zero-order valence-corrected chi connectivity index (χ0v) is 17.3. The van der Waals surface area contributed by atoms with E-state index >= 15 is 0 Å². The van der Waals surface area contributed by atoms with Gasteiger partial charge in [-0.1, -0.05) is 0 Å². The van der Waals surface area contributed by atoms with Crippen LogP contribution in [0.4, 0.5) is 13.2 Å². The fourth-order valence-corrected chi connectivity index (χ4v) is 4.18. The third-order valence-corrected chi connectivity index (χ3v) is 5.96. The number of nitrogens with zero attached hydrogens (tertiary/aromatic N) is 5. The minimum atomic E-state index is -4.40. The second-order valence-electron chi connectivity index (χ2n) is 7.15. The largest absolute Gasteiger partial charge is 0.497 e. The molecule has 4 rings (SSSR count). The average molecular weight is 437 g/mol. The van der Waals surface area contributed by atoms with Gasteiger partial charge in [-0.3, -0.25) is 14.5 Å². The van der Waals surface area contributed by atoms with Gasteiger partial charge < -0.3 is 4.74 Å². The maximum Gasteiger partial charge on any atom is 0.435 e. The number of alkyl halides is 3. The van der Waals surface area contributed by atoms with Crippen LogP contribution in [0.5, 0.6) is 5.75 Å². The highest BCUT2D eigenvalue weighted by Crippen LogP contribution is 2.28. The van der Waals surface area contributed by atoms with Crippen LogP contribution in [-0.2, 0) is 19.4 Å². The number of benzene rings is 1. The third kappa shape index (κ3) is 5.00. The molecule has 160 valence electrons. The van der Waals surface area contributed by atoms with Crippen LogP contribution in [0.1, 0.15) is 11.4 Å². The molecule has 30 heavy (non-hydrogen) atoms. The Kier molecular flexibility index (Phi) is 6.07. The minimum Gasteiger partial charge on any atom is -0.497 e. The summed E-state index contributed by atoms with van der Waals surface area (Å²) in [5, 5.41) is 6.68. The Bertz CT molecular complexity index is 961. The SMILES string of the molecule is COc1ccc(-c2nc(CN3CCN(Cn4ccc(C(F)(F)F)n4)CC3)cs2)cc1. The molecular formula is C20H22F3N5OS. The Morgan fingerprint density at radius 2 is 1.73 bits per heavy atom. The van der Waals surface area contributed by atoms with Crippen molar-refractivity contribution in [2.45, 2.75) is 19.4 Å². The number of piperazine rings is 1. The Morgan fingerprint density at radius 3 is 2.37 bits per heavy atom. The van der Waals surface area contributed by atoms with Gasteiger partial charge in [0.05, 0.1) is 19.5 Å². The summed E-state index contributed by atoms with van der Waals surface area (Å²) in [5.41, 5.74) is 1.24. The van der Waals surface area contributed by atoms with Crippen molar-refractivity contribution in [1.82, 2.24) is 24.6 Å². The van der Waals surface area contributed by atoms with Crippen molar-refractivity contribution in [3.05, 3.63) is 53.3 Å². The molecule has 6 nitrogen and oxygen atoms in total. The molecule has 0 amide bonds. The summed E-state index contributed by atoms with van der Waals surface area (Å²) in [6.45, 7) is 4.35. The summed E-state index contributed by atoms with van der Waals surface area (Å²) in [6, 6.07) is 8.86. The molecule has 2 aromatic heterocycles. The van der Waals surface area contributed by atoms with Crippen LogP contribution >= 0.6 is 11.3 Å². The number of halogens is 3. The Morgan fingerprint density at radius 1 is 1.03 bits per heavy atom. The highest BCUT2D eigenvalue weighted by molar-refractivity contribution is 7.13. The summed E-state index contributed by atoms with van der Waals surface area (Å²) in [4.78, 5) is 9.16. The quantitative estimate of drug-likeness (QED) is 0.587. The Labute approximate surface area is 176 Å². The molecule has 0 saturated carbocycles. The number of hydrogen-bond acceptors (Lipinski definition) is 6. The summed E-state index contributed by atoms with van der Waals surface area (Å²) < 4.78 is 44.6.